The van der Waals surface area contributed by atoms with Crippen LogP contribution in [0.25, 0.3) is 11.3 Å². The summed E-state index contributed by atoms with van der Waals surface area (Å²) >= 11 is 0. The van der Waals surface area contributed by atoms with E-state index in [1.54, 1.807) is 32.2 Å². The summed E-state index contributed by atoms with van der Waals surface area (Å²) in [7, 11) is 0. The van der Waals surface area contributed by atoms with Gasteiger partial charge in [0.25, 0.3) is 11.6 Å². The van der Waals surface area contributed by atoms with Crippen molar-refractivity contribution in [1.82, 2.24) is 15.3 Å². The molecule has 1 heterocycles. The minimum absolute atomic E-state index is 0.0744. The summed E-state index contributed by atoms with van der Waals surface area (Å²) in [6.45, 7) is 3.44. The lowest BCUT2D eigenvalue weighted by molar-refractivity contribution is -0.385. The third-order valence-corrected chi connectivity index (χ3v) is 4.11. The number of carbonyl (C=O) groups excluding carboxylic acids is 1. The normalized spacial score (nSPS) is 11.8. The second kappa shape index (κ2) is 7.18. The summed E-state index contributed by atoms with van der Waals surface area (Å²) in [6.07, 6.45) is 1.71. The molecule has 0 spiro atoms. The number of nitrogens with zero attached hydrogens (tertiary/aromatic N) is 2. The van der Waals surface area contributed by atoms with E-state index < -0.39 is 10.8 Å². The maximum atomic E-state index is 12.4. The Hall–Kier alpha value is -3.48. The number of amides is 1. The highest BCUT2D eigenvalue weighted by Crippen LogP contribution is 2.21. The number of hydrogen-bond acceptors (Lipinski definition) is 4. The van der Waals surface area contributed by atoms with Gasteiger partial charge in [-0.25, -0.2) is 4.98 Å². The van der Waals surface area contributed by atoms with E-state index in [0.717, 1.165) is 11.3 Å². The first-order chi connectivity index (χ1) is 12.5. The highest BCUT2D eigenvalue weighted by molar-refractivity contribution is 5.95. The molecule has 0 saturated heterocycles. The van der Waals surface area contributed by atoms with Crippen LogP contribution in [0, 0.1) is 17.0 Å². The fourth-order valence-electron chi connectivity index (χ4n) is 2.62. The van der Waals surface area contributed by atoms with Crippen LogP contribution in [0.1, 0.15) is 34.7 Å². The van der Waals surface area contributed by atoms with Gasteiger partial charge in [0.2, 0.25) is 0 Å². The molecule has 0 saturated carbocycles. The second-order valence-corrected chi connectivity index (χ2v) is 6.00. The van der Waals surface area contributed by atoms with Crippen molar-refractivity contribution in [2.45, 2.75) is 19.9 Å². The quantitative estimate of drug-likeness (QED) is 0.540. The lowest BCUT2D eigenvalue weighted by Crippen LogP contribution is -2.27. The summed E-state index contributed by atoms with van der Waals surface area (Å²) < 4.78 is 0. The fraction of sp³-hybridized carbons (Fsp3) is 0.158. The Balaban J connectivity index is 1.75. The standard InChI is InChI=1S/C19H18N4O3/c1-12-8-9-15(10-17(12)23(25)26)19(24)21-13(2)18-20-11-16(22-18)14-6-4-3-5-7-14/h3-11,13H,1-2H3,(H,20,22)(H,21,24). The average Bonchev–Trinajstić information content (AvgIpc) is 3.13. The van der Waals surface area contributed by atoms with Crippen molar-refractivity contribution in [3.63, 3.8) is 0 Å². The van der Waals surface area contributed by atoms with Gasteiger partial charge in [0.15, 0.2) is 0 Å². The van der Waals surface area contributed by atoms with E-state index in [9.17, 15) is 14.9 Å². The Labute approximate surface area is 150 Å². The van der Waals surface area contributed by atoms with E-state index in [-0.39, 0.29) is 17.3 Å². The molecule has 26 heavy (non-hydrogen) atoms. The van der Waals surface area contributed by atoms with Gasteiger partial charge in [0, 0.05) is 17.2 Å². The van der Waals surface area contributed by atoms with Gasteiger partial charge < -0.3 is 10.3 Å². The lowest BCUT2D eigenvalue weighted by Gasteiger charge is -2.12. The third kappa shape index (κ3) is 3.61. The number of nitro benzene ring substituents is 1. The summed E-state index contributed by atoms with van der Waals surface area (Å²) in [5.41, 5.74) is 2.53. The minimum atomic E-state index is -0.492. The first-order valence-electron chi connectivity index (χ1n) is 8.12. The highest BCUT2D eigenvalue weighted by atomic mass is 16.6. The first-order valence-corrected chi connectivity index (χ1v) is 8.12. The van der Waals surface area contributed by atoms with E-state index in [1.807, 2.05) is 30.3 Å². The minimum Gasteiger partial charge on any atom is -0.342 e. The van der Waals surface area contributed by atoms with Gasteiger partial charge in [-0.15, -0.1) is 0 Å². The zero-order valence-corrected chi connectivity index (χ0v) is 14.4. The topological polar surface area (TPSA) is 101 Å². The van der Waals surface area contributed by atoms with Crippen molar-refractivity contribution in [3.05, 3.63) is 81.8 Å². The maximum Gasteiger partial charge on any atom is 0.273 e. The Kier molecular flexibility index (Phi) is 4.79. The van der Waals surface area contributed by atoms with Crippen molar-refractivity contribution in [2.24, 2.45) is 0 Å². The van der Waals surface area contributed by atoms with E-state index >= 15 is 0 Å². The molecule has 0 aliphatic heterocycles. The number of carbonyl (C=O) groups is 1. The van der Waals surface area contributed by atoms with Crippen molar-refractivity contribution >= 4 is 11.6 Å². The van der Waals surface area contributed by atoms with Crippen molar-refractivity contribution < 1.29 is 9.72 Å². The number of aromatic nitrogens is 2. The molecular weight excluding hydrogens is 332 g/mol. The van der Waals surface area contributed by atoms with Crippen LogP contribution in [0.15, 0.2) is 54.7 Å². The number of aryl methyl sites for hydroxylation is 1. The van der Waals surface area contributed by atoms with Crippen LogP contribution in [-0.4, -0.2) is 20.8 Å². The van der Waals surface area contributed by atoms with Crippen LogP contribution in [0.2, 0.25) is 0 Å². The Morgan fingerprint density at radius 2 is 1.96 bits per heavy atom. The van der Waals surface area contributed by atoms with Crippen LogP contribution >= 0.6 is 0 Å². The van der Waals surface area contributed by atoms with Gasteiger partial charge in [-0.2, -0.15) is 0 Å². The van der Waals surface area contributed by atoms with Gasteiger partial charge >= 0.3 is 0 Å². The molecule has 0 aliphatic carbocycles. The Morgan fingerprint density at radius 1 is 1.23 bits per heavy atom. The number of H-pyrrole nitrogens is 1. The van der Waals surface area contributed by atoms with Crippen LogP contribution in [-0.2, 0) is 0 Å². The molecule has 0 radical (unpaired) electrons. The largest absolute Gasteiger partial charge is 0.342 e. The first kappa shape index (κ1) is 17.3. The zero-order valence-electron chi connectivity index (χ0n) is 14.4. The van der Waals surface area contributed by atoms with Crippen molar-refractivity contribution in [2.75, 3.05) is 0 Å². The number of nitrogens with one attached hydrogen (secondary N) is 2. The van der Waals surface area contributed by atoms with E-state index in [1.165, 1.54) is 6.07 Å². The predicted octanol–water partition coefficient (Wildman–Crippen LogP) is 3.78. The number of rotatable bonds is 5. The molecule has 1 atom stereocenters. The third-order valence-electron chi connectivity index (χ3n) is 4.11. The Bertz CT molecular complexity index is 950. The molecule has 0 bridgehead atoms. The predicted molar refractivity (Wildman–Crippen MR) is 97.7 cm³/mol. The summed E-state index contributed by atoms with van der Waals surface area (Å²) in [4.78, 5) is 30.5. The Morgan fingerprint density at radius 3 is 2.65 bits per heavy atom. The number of aromatic amines is 1. The molecule has 132 valence electrons. The second-order valence-electron chi connectivity index (χ2n) is 6.00. The average molecular weight is 350 g/mol. The van der Waals surface area contributed by atoms with E-state index in [0.29, 0.717) is 11.4 Å². The number of hydrogen-bond donors (Lipinski definition) is 2. The van der Waals surface area contributed by atoms with Gasteiger partial charge in [0.1, 0.15) is 5.82 Å². The van der Waals surface area contributed by atoms with Crippen molar-refractivity contribution in [3.8, 4) is 11.3 Å². The molecule has 0 fully saturated rings. The smallest absolute Gasteiger partial charge is 0.273 e. The summed E-state index contributed by atoms with van der Waals surface area (Å²) in [5, 5.41) is 13.8. The summed E-state index contributed by atoms with van der Waals surface area (Å²) in [6, 6.07) is 13.8. The SMILES string of the molecule is Cc1ccc(C(=O)NC(C)c2ncc(-c3ccccc3)[nH]2)cc1[N+](=O)[O-]. The number of nitro groups is 1. The number of imidazole rings is 1. The van der Waals surface area contributed by atoms with Crippen LogP contribution in [0.4, 0.5) is 5.69 Å². The molecule has 3 rings (SSSR count). The molecule has 2 N–H and O–H groups in total. The van der Waals surface area contributed by atoms with Crippen LogP contribution in [0.3, 0.4) is 0 Å². The van der Waals surface area contributed by atoms with Gasteiger partial charge in [-0.05, 0) is 25.5 Å². The summed E-state index contributed by atoms with van der Waals surface area (Å²) in [5.74, 6) is 0.220. The monoisotopic (exact) mass is 350 g/mol. The molecule has 2 aromatic carbocycles. The van der Waals surface area contributed by atoms with Gasteiger partial charge in [-0.1, -0.05) is 36.4 Å². The highest BCUT2D eigenvalue weighted by Gasteiger charge is 2.18. The van der Waals surface area contributed by atoms with Crippen molar-refractivity contribution in [1.29, 1.82) is 0 Å². The molecule has 1 amide bonds. The molecule has 3 aromatic rings. The zero-order chi connectivity index (χ0) is 18.7. The van der Waals surface area contributed by atoms with Gasteiger partial charge in [0.05, 0.1) is 22.9 Å². The molecule has 0 aliphatic rings. The molecule has 7 nitrogen and oxygen atoms in total. The molecule has 7 heteroatoms. The fourth-order valence-corrected chi connectivity index (χ4v) is 2.62. The van der Waals surface area contributed by atoms with Crippen LogP contribution < -0.4 is 5.32 Å². The van der Waals surface area contributed by atoms with Gasteiger partial charge in [-0.3, -0.25) is 14.9 Å². The maximum absolute atomic E-state index is 12.4. The molecular formula is C19H18N4O3. The van der Waals surface area contributed by atoms with Crippen LogP contribution in [0.5, 0.6) is 0 Å². The molecule has 1 unspecified atom stereocenters. The molecule has 1 aromatic heterocycles. The van der Waals surface area contributed by atoms with E-state index in [4.69, 9.17) is 0 Å². The number of benzene rings is 2. The van der Waals surface area contributed by atoms with E-state index in [2.05, 4.69) is 15.3 Å². The lowest BCUT2D eigenvalue weighted by atomic mass is 10.1.